The first-order valence-electron chi connectivity index (χ1n) is 9.94. The molecule has 0 aliphatic carbocycles. The van der Waals surface area contributed by atoms with Gasteiger partial charge in [0.25, 0.3) is 0 Å². The van der Waals surface area contributed by atoms with Gasteiger partial charge in [0, 0.05) is 25.0 Å². The zero-order chi connectivity index (χ0) is 20.9. The maximum atomic E-state index is 13.2. The molecule has 9 heteroatoms. The lowest BCUT2D eigenvalue weighted by Gasteiger charge is -2.25. The summed E-state index contributed by atoms with van der Waals surface area (Å²) in [5.74, 6) is 2.02. The van der Waals surface area contributed by atoms with Gasteiger partial charge in [0.15, 0.2) is 0 Å². The third-order valence-corrected chi connectivity index (χ3v) is 5.13. The summed E-state index contributed by atoms with van der Waals surface area (Å²) >= 11 is 0. The summed E-state index contributed by atoms with van der Waals surface area (Å²) in [6.45, 7) is 2.86. The Balaban J connectivity index is 1.63. The molecule has 8 nitrogen and oxygen atoms in total. The maximum absolute atomic E-state index is 13.2. The van der Waals surface area contributed by atoms with E-state index in [0.717, 1.165) is 30.8 Å². The van der Waals surface area contributed by atoms with Crippen LogP contribution in [0.25, 0.3) is 0 Å². The van der Waals surface area contributed by atoms with Gasteiger partial charge < -0.3 is 20.6 Å². The lowest BCUT2D eigenvalue weighted by molar-refractivity contribution is 0.266. The summed E-state index contributed by atoms with van der Waals surface area (Å²) in [4.78, 5) is 19.6. The SMILES string of the molecule is CC(Nc1nc(Nc2cnccn2)cc(N2CCCC2CO)n1)c1ccc(F)cc1. The molecule has 3 heterocycles. The fraction of sp³-hybridized carbons (Fsp3) is 0.333. The summed E-state index contributed by atoms with van der Waals surface area (Å²) in [5, 5.41) is 16.2. The van der Waals surface area contributed by atoms with Crippen molar-refractivity contribution in [2.75, 3.05) is 28.7 Å². The molecule has 30 heavy (non-hydrogen) atoms. The van der Waals surface area contributed by atoms with E-state index in [1.165, 1.54) is 12.1 Å². The van der Waals surface area contributed by atoms with Gasteiger partial charge in [-0.2, -0.15) is 9.97 Å². The first-order chi connectivity index (χ1) is 14.6. The van der Waals surface area contributed by atoms with Gasteiger partial charge in [0.05, 0.1) is 24.9 Å². The average molecular weight is 409 g/mol. The Hall–Kier alpha value is -3.33. The molecule has 0 saturated carbocycles. The second kappa shape index (κ2) is 9.00. The van der Waals surface area contributed by atoms with Crippen LogP contribution in [0.4, 0.5) is 27.8 Å². The highest BCUT2D eigenvalue weighted by Gasteiger charge is 2.26. The summed E-state index contributed by atoms with van der Waals surface area (Å²) in [6.07, 6.45) is 6.73. The van der Waals surface area contributed by atoms with Crippen molar-refractivity contribution < 1.29 is 9.50 Å². The lowest BCUT2D eigenvalue weighted by atomic mass is 10.1. The Morgan fingerprint density at radius 2 is 2.03 bits per heavy atom. The fourth-order valence-corrected chi connectivity index (χ4v) is 3.56. The Labute approximate surface area is 174 Å². The molecule has 1 aromatic carbocycles. The van der Waals surface area contributed by atoms with E-state index in [9.17, 15) is 9.50 Å². The number of aliphatic hydroxyl groups is 1. The van der Waals surface area contributed by atoms with Crippen molar-refractivity contribution in [2.24, 2.45) is 0 Å². The molecule has 1 aliphatic heterocycles. The van der Waals surface area contributed by atoms with Gasteiger partial charge in [-0.1, -0.05) is 12.1 Å². The number of rotatable bonds is 7. The van der Waals surface area contributed by atoms with Gasteiger partial charge >= 0.3 is 0 Å². The first-order valence-corrected chi connectivity index (χ1v) is 9.94. The standard InChI is InChI=1S/C21H24FN7O/c1-14(15-4-6-16(22)7-5-15)25-21-27-18(26-19-12-23-8-9-24-19)11-20(28-21)29-10-2-3-17(29)13-30/h4-9,11-12,14,17,30H,2-3,10,13H2,1H3,(H2,24,25,26,27,28). The molecule has 4 rings (SSSR count). The van der Waals surface area contributed by atoms with Crippen molar-refractivity contribution in [1.82, 2.24) is 19.9 Å². The molecule has 0 radical (unpaired) electrons. The molecule has 3 aromatic rings. The smallest absolute Gasteiger partial charge is 0.227 e. The molecule has 0 bridgehead atoms. The largest absolute Gasteiger partial charge is 0.394 e. The molecule has 0 amide bonds. The molecule has 2 atom stereocenters. The molecule has 2 unspecified atom stereocenters. The van der Waals surface area contributed by atoms with Crippen LogP contribution >= 0.6 is 0 Å². The van der Waals surface area contributed by atoms with E-state index in [4.69, 9.17) is 0 Å². The van der Waals surface area contributed by atoms with Crippen LogP contribution in [0.3, 0.4) is 0 Å². The van der Waals surface area contributed by atoms with E-state index in [0.29, 0.717) is 17.6 Å². The number of nitrogens with zero attached hydrogens (tertiary/aromatic N) is 5. The topological polar surface area (TPSA) is 99.1 Å². The van der Waals surface area contributed by atoms with Gasteiger partial charge in [-0.05, 0) is 37.5 Å². The molecule has 156 valence electrons. The number of aromatic nitrogens is 4. The Morgan fingerprint density at radius 3 is 2.77 bits per heavy atom. The fourth-order valence-electron chi connectivity index (χ4n) is 3.56. The number of hydrogen-bond donors (Lipinski definition) is 3. The zero-order valence-corrected chi connectivity index (χ0v) is 16.7. The third-order valence-electron chi connectivity index (χ3n) is 5.13. The van der Waals surface area contributed by atoms with Gasteiger partial charge in [0.2, 0.25) is 5.95 Å². The van der Waals surface area contributed by atoms with Crippen LogP contribution in [0.15, 0.2) is 48.9 Å². The van der Waals surface area contributed by atoms with Crippen LogP contribution in [0, 0.1) is 5.82 Å². The average Bonchev–Trinajstić information content (AvgIpc) is 3.24. The van der Waals surface area contributed by atoms with Crippen molar-refractivity contribution >= 4 is 23.4 Å². The second-order valence-corrected chi connectivity index (χ2v) is 7.24. The van der Waals surface area contributed by atoms with E-state index in [1.54, 1.807) is 30.7 Å². The van der Waals surface area contributed by atoms with E-state index >= 15 is 0 Å². The number of benzene rings is 1. The van der Waals surface area contributed by atoms with Gasteiger partial charge in [0.1, 0.15) is 23.3 Å². The van der Waals surface area contributed by atoms with Crippen LogP contribution < -0.4 is 15.5 Å². The molecule has 0 spiro atoms. The number of aliphatic hydroxyl groups excluding tert-OH is 1. The van der Waals surface area contributed by atoms with Crippen molar-refractivity contribution in [3.05, 3.63) is 60.3 Å². The predicted molar refractivity (Wildman–Crippen MR) is 113 cm³/mol. The highest BCUT2D eigenvalue weighted by atomic mass is 19.1. The van der Waals surface area contributed by atoms with Crippen molar-refractivity contribution in [3.8, 4) is 0 Å². The summed E-state index contributed by atoms with van der Waals surface area (Å²) < 4.78 is 13.2. The molecule has 2 aromatic heterocycles. The lowest BCUT2D eigenvalue weighted by Crippen LogP contribution is -2.33. The third kappa shape index (κ3) is 4.62. The van der Waals surface area contributed by atoms with E-state index in [1.807, 2.05) is 13.0 Å². The van der Waals surface area contributed by atoms with E-state index < -0.39 is 0 Å². The van der Waals surface area contributed by atoms with E-state index in [2.05, 4.69) is 35.5 Å². The number of anilines is 4. The Kier molecular flexibility index (Phi) is 5.99. The maximum Gasteiger partial charge on any atom is 0.227 e. The first kappa shape index (κ1) is 20.0. The van der Waals surface area contributed by atoms with Crippen LogP contribution in [0.5, 0.6) is 0 Å². The number of hydrogen-bond acceptors (Lipinski definition) is 8. The minimum absolute atomic E-state index is 0.0339. The monoisotopic (exact) mass is 409 g/mol. The second-order valence-electron chi connectivity index (χ2n) is 7.24. The minimum atomic E-state index is -0.274. The zero-order valence-electron chi connectivity index (χ0n) is 16.7. The summed E-state index contributed by atoms with van der Waals surface area (Å²) in [6, 6.07) is 8.08. The highest BCUT2D eigenvalue weighted by Crippen LogP contribution is 2.28. The van der Waals surface area contributed by atoms with Crippen LogP contribution in [-0.4, -0.2) is 44.2 Å². The van der Waals surface area contributed by atoms with Crippen LogP contribution in [-0.2, 0) is 0 Å². The normalized spacial score (nSPS) is 17.0. The summed E-state index contributed by atoms with van der Waals surface area (Å²) in [7, 11) is 0. The number of halogens is 1. The quantitative estimate of drug-likeness (QED) is 0.547. The van der Waals surface area contributed by atoms with Gasteiger partial charge in [-0.15, -0.1) is 0 Å². The molecule has 1 aliphatic rings. The van der Waals surface area contributed by atoms with E-state index in [-0.39, 0.29) is 24.5 Å². The van der Waals surface area contributed by atoms with Crippen molar-refractivity contribution in [3.63, 3.8) is 0 Å². The molecule has 1 saturated heterocycles. The minimum Gasteiger partial charge on any atom is -0.394 e. The van der Waals surface area contributed by atoms with Crippen LogP contribution in [0.2, 0.25) is 0 Å². The van der Waals surface area contributed by atoms with Gasteiger partial charge in [-0.3, -0.25) is 4.98 Å². The predicted octanol–water partition coefficient (Wildman–Crippen LogP) is 3.28. The molecular weight excluding hydrogens is 385 g/mol. The van der Waals surface area contributed by atoms with Gasteiger partial charge in [-0.25, -0.2) is 9.37 Å². The number of nitrogens with one attached hydrogen (secondary N) is 2. The van der Waals surface area contributed by atoms with Crippen molar-refractivity contribution in [2.45, 2.75) is 31.8 Å². The molecular formula is C21H24FN7O. The molecule has 1 fully saturated rings. The highest BCUT2D eigenvalue weighted by molar-refractivity contribution is 5.60. The Bertz CT molecular complexity index is 971. The Morgan fingerprint density at radius 1 is 1.20 bits per heavy atom. The van der Waals surface area contributed by atoms with Crippen molar-refractivity contribution in [1.29, 1.82) is 0 Å². The summed E-state index contributed by atoms with van der Waals surface area (Å²) in [5.41, 5.74) is 0.920. The van der Waals surface area contributed by atoms with Crippen LogP contribution in [0.1, 0.15) is 31.4 Å². The molecule has 3 N–H and O–H groups in total.